The summed E-state index contributed by atoms with van der Waals surface area (Å²) in [6, 6.07) is 7.68. The quantitative estimate of drug-likeness (QED) is 0.629. The minimum absolute atomic E-state index is 0.000281. The van der Waals surface area contributed by atoms with Gasteiger partial charge in [0.05, 0.1) is 0 Å². The second-order valence-electron chi connectivity index (χ2n) is 4.86. The third-order valence-corrected chi connectivity index (χ3v) is 3.45. The molecule has 0 fully saturated rings. The molecule has 0 aliphatic carbocycles. The lowest BCUT2D eigenvalue weighted by atomic mass is 9.84. The summed E-state index contributed by atoms with van der Waals surface area (Å²) >= 11 is 0. The Morgan fingerprint density at radius 2 is 1.67 bits per heavy atom. The number of hydrogen-bond acceptors (Lipinski definition) is 6. The number of carbonyl (C=O) groups is 1. The van der Waals surface area contributed by atoms with Crippen LogP contribution in [0.25, 0.3) is 0 Å². The Hall–Kier alpha value is -2.73. The standard InChI is InChI=1S/C15H12O6/c16-9-3-1-8(2-4-9)15(20)7-21-12-6-10(17)5-11(18)13(12)14(15)19/h1-6,16-18,20H,7H2/t15-/m1/s1. The molecule has 0 spiro atoms. The Labute approximate surface area is 119 Å². The molecule has 0 saturated heterocycles. The summed E-state index contributed by atoms with van der Waals surface area (Å²) < 4.78 is 5.30. The molecule has 6 heteroatoms. The molecule has 1 atom stereocenters. The number of Topliss-reactive ketones (excluding diaryl/α,β-unsaturated/α-hetero) is 1. The number of benzene rings is 2. The molecule has 1 aliphatic heterocycles. The minimum atomic E-state index is -1.96. The fourth-order valence-corrected chi connectivity index (χ4v) is 2.33. The van der Waals surface area contributed by atoms with E-state index in [-0.39, 0.29) is 35.0 Å². The van der Waals surface area contributed by atoms with Crippen LogP contribution in [0.3, 0.4) is 0 Å². The normalized spacial score (nSPS) is 20.7. The van der Waals surface area contributed by atoms with Gasteiger partial charge in [0.15, 0.2) is 5.60 Å². The molecule has 0 bridgehead atoms. The van der Waals surface area contributed by atoms with E-state index in [1.807, 2.05) is 0 Å². The van der Waals surface area contributed by atoms with Gasteiger partial charge in [-0.3, -0.25) is 4.79 Å². The number of phenolic OH excluding ortho intramolecular Hbond substituents is 3. The van der Waals surface area contributed by atoms with Crippen LogP contribution >= 0.6 is 0 Å². The van der Waals surface area contributed by atoms with Crippen molar-refractivity contribution in [3.8, 4) is 23.0 Å². The van der Waals surface area contributed by atoms with E-state index in [9.17, 15) is 25.2 Å². The molecule has 1 heterocycles. The Morgan fingerprint density at radius 1 is 1.00 bits per heavy atom. The Morgan fingerprint density at radius 3 is 2.33 bits per heavy atom. The second-order valence-corrected chi connectivity index (χ2v) is 4.86. The first kappa shape index (κ1) is 13.3. The first-order valence-electron chi connectivity index (χ1n) is 6.17. The SMILES string of the molecule is O=C1c2c(O)cc(O)cc2OC[C@@]1(O)c1ccc(O)cc1. The molecule has 108 valence electrons. The molecule has 2 aromatic carbocycles. The fourth-order valence-electron chi connectivity index (χ4n) is 2.33. The highest BCUT2D eigenvalue weighted by Crippen LogP contribution is 2.42. The Kier molecular flexibility index (Phi) is 2.77. The van der Waals surface area contributed by atoms with Gasteiger partial charge in [-0.05, 0) is 17.7 Å². The van der Waals surface area contributed by atoms with Crippen molar-refractivity contribution in [2.75, 3.05) is 6.61 Å². The zero-order chi connectivity index (χ0) is 15.2. The Bertz CT molecular complexity index is 722. The van der Waals surface area contributed by atoms with E-state index in [0.717, 1.165) is 6.07 Å². The number of hydrogen-bond donors (Lipinski definition) is 4. The molecule has 0 unspecified atom stereocenters. The van der Waals surface area contributed by atoms with Crippen molar-refractivity contribution in [2.45, 2.75) is 5.60 Å². The molecule has 4 N–H and O–H groups in total. The van der Waals surface area contributed by atoms with E-state index >= 15 is 0 Å². The highest BCUT2D eigenvalue weighted by molar-refractivity contribution is 6.08. The molecule has 0 amide bonds. The van der Waals surface area contributed by atoms with Crippen LogP contribution in [-0.4, -0.2) is 32.8 Å². The number of fused-ring (bicyclic) bond motifs is 1. The Balaban J connectivity index is 2.11. The number of ether oxygens (including phenoxy) is 1. The van der Waals surface area contributed by atoms with Gasteiger partial charge >= 0.3 is 0 Å². The summed E-state index contributed by atoms with van der Waals surface area (Å²) in [7, 11) is 0. The van der Waals surface area contributed by atoms with E-state index in [1.165, 1.54) is 30.3 Å². The number of rotatable bonds is 1. The minimum Gasteiger partial charge on any atom is -0.508 e. The lowest BCUT2D eigenvalue weighted by Gasteiger charge is -2.32. The number of carbonyl (C=O) groups excluding carboxylic acids is 1. The highest BCUT2D eigenvalue weighted by atomic mass is 16.5. The monoisotopic (exact) mass is 288 g/mol. The van der Waals surface area contributed by atoms with Crippen LogP contribution in [0.15, 0.2) is 36.4 Å². The molecule has 0 saturated carbocycles. The van der Waals surface area contributed by atoms with Crippen molar-refractivity contribution in [3.63, 3.8) is 0 Å². The van der Waals surface area contributed by atoms with Crippen LogP contribution in [0, 0.1) is 0 Å². The fraction of sp³-hybridized carbons (Fsp3) is 0.133. The highest BCUT2D eigenvalue weighted by Gasteiger charge is 2.45. The molecule has 1 aliphatic rings. The van der Waals surface area contributed by atoms with Crippen LogP contribution in [0.1, 0.15) is 15.9 Å². The number of aliphatic hydroxyl groups is 1. The lowest BCUT2D eigenvalue weighted by molar-refractivity contribution is -0.00553. The predicted octanol–water partition coefficient (Wildman–Crippen LogP) is 1.27. The molecule has 0 aromatic heterocycles. The average Bonchev–Trinajstić information content (AvgIpc) is 2.43. The van der Waals surface area contributed by atoms with Crippen LogP contribution in [0.5, 0.6) is 23.0 Å². The van der Waals surface area contributed by atoms with E-state index in [1.54, 1.807) is 0 Å². The zero-order valence-corrected chi connectivity index (χ0v) is 10.8. The molecular weight excluding hydrogens is 276 g/mol. The third kappa shape index (κ3) is 1.96. The zero-order valence-electron chi connectivity index (χ0n) is 10.8. The third-order valence-electron chi connectivity index (χ3n) is 3.45. The molecular formula is C15H12O6. The topological polar surface area (TPSA) is 107 Å². The van der Waals surface area contributed by atoms with Gasteiger partial charge in [-0.25, -0.2) is 0 Å². The summed E-state index contributed by atoms with van der Waals surface area (Å²) in [6.45, 7) is -0.355. The summed E-state index contributed by atoms with van der Waals surface area (Å²) in [5.74, 6) is -1.42. The van der Waals surface area contributed by atoms with Crippen molar-refractivity contribution >= 4 is 5.78 Å². The second kappa shape index (κ2) is 4.39. The van der Waals surface area contributed by atoms with E-state index in [4.69, 9.17) is 4.74 Å². The largest absolute Gasteiger partial charge is 0.508 e. The van der Waals surface area contributed by atoms with Crippen molar-refractivity contribution in [1.82, 2.24) is 0 Å². The molecule has 0 radical (unpaired) electrons. The van der Waals surface area contributed by atoms with Gasteiger partial charge in [-0.2, -0.15) is 0 Å². The first-order chi connectivity index (χ1) is 9.91. The average molecular weight is 288 g/mol. The molecule has 3 rings (SSSR count). The molecule has 21 heavy (non-hydrogen) atoms. The maximum atomic E-state index is 12.5. The van der Waals surface area contributed by atoms with Gasteiger partial charge in [-0.15, -0.1) is 0 Å². The lowest BCUT2D eigenvalue weighted by Crippen LogP contribution is -2.44. The van der Waals surface area contributed by atoms with Gasteiger partial charge in [-0.1, -0.05) is 12.1 Å². The van der Waals surface area contributed by atoms with Crippen molar-refractivity contribution in [1.29, 1.82) is 0 Å². The molecule has 2 aromatic rings. The van der Waals surface area contributed by atoms with Crippen LogP contribution in [0.4, 0.5) is 0 Å². The van der Waals surface area contributed by atoms with E-state index < -0.39 is 17.1 Å². The summed E-state index contributed by atoms with van der Waals surface area (Å²) in [5, 5.41) is 39.1. The smallest absolute Gasteiger partial charge is 0.209 e. The number of ketones is 1. The summed E-state index contributed by atoms with van der Waals surface area (Å²) in [6.07, 6.45) is 0. The van der Waals surface area contributed by atoms with E-state index in [0.29, 0.717) is 0 Å². The maximum Gasteiger partial charge on any atom is 0.209 e. The van der Waals surface area contributed by atoms with Crippen molar-refractivity contribution in [3.05, 3.63) is 47.5 Å². The number of phenols is 3. The van der Waals surface area contributed by atoms with Gasteiger partial charge in [0, 0.05) is 12.1 Å². The van der Waals surface area contributed by atoms with Gasteiger partial charge in [0.25, 0.3) is 0 Å². The van der Waals surface area contributed by atoms with Gasteiger partial charge < -0.3 is 25.2 Å². The van der Waals surface area contributed by atoms with Crippen LogP contribution in [-0.2, 0) is 5.60 Å². The van der Waals surface area contributed by atoms with Crippen molar-refractivity contribution < 1.29 is 30.0 Å². The maximum absolute atomic E-state index is 12.5. The van der Waals surface area contributed by atoms with Crippen LogP contribution in [0.2, 0.25) is 0 Å². The molecule has 6 nitrogen and oxygen atoms in total. The number of aromatic hydroxyl groups is 3. The van der Waals surface area contributed by atoms with Gasteiger partial charge in [0.2, 0.25) is 5.78 Å². The van der Waals surface area contributed by atoms with Crippen LogP contribution < -0.4 is 4.74 Å². The predicted molar refractivity (Wildman–Crippen MR) is 71.6 cm³/mol. The summed E-state index contributed by atoms with van der Waals surface area (Å²) in [5.41, 5.74) is -1.91. The van der Waals surface area contributed by atoms with Gasteiger partial charge in [0.1, 0.15) is 35.2 Å². The van der Waals surface area contributed by atoms with E-state index in [2.05, 4.69) is 0 Å². The summed E-state index contributed by atoms with van der Waals surface area (Å²) in [4.78, 5) is 12.5. The first-order valence-corrected chi connectivity index (χ1v) is 6.17. The van der Waals surface area contributed by atoms with Crippen molar-refractivity contribution in [2.24, 2.45) is 0 Å².